The minimum absolute atomic E-state index is 0. The molecule has 1 heterocycles. The van der Waals surface area contributed by atoms with Gasteiger partial charge in [-0.2, -0.15) is 5.10 Å². The monoisotopic (exact) mass is 512 g/mol. The molecule has 3 rings (SSSR count). The van der Waals surface area contributed by atoms with Gasteiger partial charge in [0, 0.05) is 28.4 Å². The quantitative estimate of drug-likeness (QED) is 0.407. The van der Waals surface area contributed by atoms with Crippen LogP contribution in [0.5, 0.6) is 5.75 Å². The Morgan fingerprint density at radius 1 is 1.29 bits per heavy atom. The summed E-state index contributed by atoms with van der Waals surface area (Å²) in [6.45, 7) is 11.3. The van der Waals surface area contributed by atoms with Crippen molar-refractivity contribution in [2.24, 2.45) is 11.8 Å². The molecule has 1 aliphatic carbocycles. The van der Waals surface area contributed by atoms with Gasteiger partial charge in [0.15, 0.2) is 5.82 Å². The molecule has 1 aromatic carbocycles. The average Bonchev–Trinajstić information content (AvgIpc) is 3.11. The lowest BCUT2D eigenvalue weighted by atomic mass is 9.85. The number of carbonyl (C=O) groups is 1. The number of anilines is 1. The molecule has 0 spiro atoms. The van der Waals surface area contributed by atoms with Crippen LogP contribution in [0.1, 0.15) is 57.7 Å². The van der Waals surface area contributed by atoms with Crippen LogP contribution in [-0.4, -0.2) is 46.7 Å². The van der Waals surface area contributed by atoms with Crippen LogP contribution in [0.2, 0.25) is 5.02 Å². The normalized spacial score (nSPS) is 17.9. The van der Waals surface area contributed by atoms with Crippen LogP contribution in [0.4, 0.5) is 10.6 Å². The van der Waals surface area contributed by atoms with E-state index >= 15 is 0 Å². The fourth-order valence-corrected chi connectivity index (χ4v) is 4.59. The number of nitrogens with one attached hydrogen (secondary N) is 1. The second-order valence-corrected chi connectivity index (χ2v) is 9.83. The molecule has 1 aliphatic rings. The molecule has 1 amide bonds. The Bertz CT molecular complexity index is 927. The molecule has 1 saturated carbocycles. The van der Waals surface area contributed by atoms with Gasteiger partial charge in [0.25, 0.3) is 0 Å². The number of hydrogen-bond acceptors (Lipinski definition) is 4. The molecule has 2 aromatic rings. The topological polar surface area (TPSA) is 79.6 Å². The number of amides is 1. The molecule has 0 bridgehead atoms. The zero-order valence-corrected chi connectivity index (χ0v) is 22.2. The van der Waals surface area contributed by atoms with Crippen LogP contribution in [-0.2, 0) is 6.54 Å². The van der Waals surface area contributed by atoms with E-state index in [-0.39, 0.29) is 18.4 Å². The lowest BCUT2D eigenvalue weighted by Crippen LogP contribution is -2.43. The Labute approximate surface area is 214 Å². The summed E-state index contributed by atoms with van der Waals surface area (Å²) in [6, 6.07) is 7.41. The van der Waals surface area contributed by atoms with E-state index in [1.54, 1.807) is 0 Å². The molecule has 0 saturated heterocycles. The van der Waals surface area contributed by atoms with Crippen LogP contribution < -0.4 is 15.0 Å². The number of aryl methyl sites for hydroxylation is 1. The standard InChI is InChI=1S/C25H37ClN4O3.ClH/c1-5-27-14-19-6-9-22(10-7-19)30(25(31)32)24-12-18(4)29(28-24)15-20-13-21(26)8-11-23(20)33-16-17(2)3;/h8,11-13,17,19,22,27H,5-7,9-10,14-16H2,1-4H3,(H,31,32);1H. The van der Waals surface area contributed by atoms with Crippen molar-refractivity contribution in [1.29, 1.82) is 0 Å². The van der Waals surface area contributed by atoms with E-state index < -0.39 is 6.09 Å². The number of rotatable bonds is 10. The largest absolute Gasteiger partial charge is 0.493 e. The second kappa shape index (κ2) is 13.2. The Balaban J connectivity index is 0.00000408. The van der Waals surface area contributed by atoms with E-state index in [9.17, 15) is 9.90 Å². The van der Waals surface area contributed by atoms with Crippen molar-refractivity contribution < 1.29 is 14.6 Å². The van der Waals surface area contributed by atoms with Crippen LogP contribution in [0.25, 0.3) is 0 Å². The third kappa shape index (κ3) is 7.52. The fourth-order valence-electron chi connectivity index (χ4n) is 4.40. The third-order valence-electron chi connectivity index (χ3n) is 6.20. The molecule has 190 valence electrons. The maximum atomic E-state index is 12.2. The van der Waals surface area contributed by atoms with Gasteiger partial charge in [-0.25, -0.2) is 4.79 Å². The fraction of sp³-hybridized carbons (Fsp3) is 0.600. The van der Waals surface area contributed by atoms with E-state index in [4.69, 9.17) is 16.3 Å². The molecular formula is C25H38Cl2N4O3. The summed E-state index contributed by atoms with van der Waals surface area (Å²) in [5, 5.41) is 18.7. The summed E-state index contributed by atoms with van der Waals surface area (Å²) in [7, 11) is 0. The molecule has 7 nitrogen and oxygen atoms in total. The first-order valence-electron chi connectivity index (χ1n) is 12.0. The zero-order valence-electron chi connectivity index (χ0n) is 20.6. The lowest BCUT2D eigenvalue weighted by molar-refractivity contribution is 0.193. The van der Waals surface area contributed by atoms with Gasteiger partial charge in [-0.15, -0.1) is 12.4 Å². The summed E-state index contributed by atoms with van der Waals surface area (Å²) in [6.07, 6.45) is 2.82. The Morgan fingerprint density at radius 2 is 2.00 bits per heavy atom. The smallest absolute Gasteiger partial charge is 0.413 e. The number of nitrogens with zero attached hydrogens (tertiary/aromatic N) is 3. The molecular weight excluding hydrogens is 475 g/mol. The molecule has 0 atom stereocenters. The summed E-state index contributed by atoms with van der Waals surface area (Å²) >= 11 is 6.25. The number of ether oxygens (including phenoxy) is 1. The minimum atomic E-state index is -0.946. The molecule has 0 radical (unpaired) electrons. The molecule has 9 heteroatoms. The highest BCUT2D eigenvalue weighted by atomic mass is 35.5. The first kappa shape index (κ1) is 28.3. The average molecular weight is 514 g/mol. The van der Waals surface area contributed by atoms with Gasteiger partial charge >= 0.3 is 6.09 Å². The Kier molecular flexibility index (Phi) is 11.0. The van der Waals surface area contributed by atoms with Crippen molar-refractivity contribution in [3.8, 4) is 5.75 Å². The predicted octanol–water partition coefficient (Wildman–Crippen LogP) is 6.00. The SMILES string of the molecule is CCNCC1CCC(N(C(=O)O)c2cc(C)n(Cc3cc(Cl)ccc3OCC(C)C)n2)CC1.Cl. The van der Waals surface area contributed by atoms with E-state index in [2.05, 4.69) is 31.2 Å². The minimum Gasteiger partial charge on any atom is -0.493 e. The van der Waals surface area contributed by atoms with Gasteiger partial charge in [-0.3, -0.25) is 9.58 Å². The predicted molar refractivity (Wildman–Crippen MR) is 140 cm³/mol. The van der Waals surface area contributed by atoms with Crippen molar-refractivity contribution in [2.75, 3.05) is 24.6 Å². The van der Waals surface area contributed by atoms with Crippen LogP contribution in [0.15, 0.2) is 24.3 Å². The highest BCUT2D eigenvalue weighted by molar-refractivity contribution is 6.30. The first-order chi connectivity index (χ1) is 15.8. The van der Waals surface area contributed by atoms with Gasteiger partial charge in [-0.1, -0.05) is 32.4 Å². The summed E-state index contributed by atoms with van der Waals surface area (Å²) < 4.78 is 7.81. The van der Waals surface area contributed by atoms with Gasteiger partial charge in [-0.05, 0) is 75.7 Å². The number of halogens is 2. The molecule has 1 aromatic heterocycles. The van der Waals surface area contributed by atoms with Crippen LogP contribution >= 0.6 is 24.0 Å². The Morgan fingerprint density at radius 3 is 2.62 bits per heavy atom. The van der Waals surface area contributed by atoms with Crippen molar-refractivity contribution in [2.45, 2.75) is 66.0 Å². The van der Waals surface area contributed by atoms with Crippen molar-refractivity contribution in [3.05, 3.63) is 40.5 Å². The molecule has 0 aliphatic heterocycles. The second-order valence-electron chi connectivity index (χ2n) is 9.39. The summed E-state index contributed by atoms with van der Waals surface area (Å²) in [5.74, 6) is 2.28. The van der Waals surface area contributed by atoms with E-state index in [1.807, 2.05) is 35.9 Å². The van der Waals surface area contributed by atoms with Gasteiger partial charge in [0.1, 0.15) is 5.75 Å². The maximum absolute atomic E-state index is 12.2. The molecule has 1 fully saturated rings. The van der Waals surface area contributed by atoms with E-state index in [1.165, 1.54) is 4.90 Å². The molecule has 34 heavy (non-hydrogen) atoms. The molecule has 2 N–H and O–H groups in total. The van der Waals surface area contributed by atoms with Crippen molar-refractivity contribution >= 4 is 35.9 Å². The highest BCUT2D eigenvalue weighted by Crippen LogP contribution is 2.31. The number of aromatic nitrogens is 2. The third-order valence-corrected chi connectivity index (χ3v) is 6.44. The number of benzene rings is 1. The number of hydrogen-bond donors (Lipinski definition) is 2. The summed E-state index contributed by atoms with van der Waals surface area (Å²) in [5.41, 5.74) is 1.82. The zero-order chi connectivity index (χ0) is 24.0. The van der Waals surface area contributed by atoms with Gasteiger partial charge in [0.2, 0.25) is 0 Å². The van der Waals surface area contributed by atoms with Gasteiger partial charge < -0.3 is 15.2 Å². The van der Waals surface area contributed by atoms with E-state index in [0.29, 0.717) is 35.8 Å². The summed E-state index contributed by atoms with van der Waals surface area (Å²) in [4.78, 5) is 13.7. The van der Waals surface area contributed by atoms with Crippen LogP contribution in [0, 0.1) is 18.8 Å². The van der Waals surface area contributed by atoms with Crippen molar-refractivity contribution in [1.82, 2.24) is 15.1 Å². The molecule has 0 unspecified atom stereocenters. The highest BCUT2D eigenvalue weighted by Gasteiger charge is 2.31. The Hall–Kier alpha value is -1.96. The van der Waals surface area contributed by atoms with Gasteiger partial charge in [0.05, 0.1) is 13.2 Å². The van der Waals surface area contributed by atoms with E-state index in [0.717, 1.165) is 55.8 Å². The maximum Gasteiger partial charge on any atom is 0.413 e. The van der Waals surface area contributed by atoms with Crippen molar-refractivity contribution in [3.63, 3.8) is 0 Å². The first-order valence-corrected chi connectivity index (χ1v) is 12.3. The number of carboxylic acid groups (broad SMARTS) is 1. The van der Waals surface area contributed by atoms with Crippen LogP contribution in [0.3, 0.4) is 0 Å². The lowest BCUT2D eigenvalue weighted by Gasteiger charge is -2.34.